The molecule has 2 aromatic heterocycles. The normalized spacial score (nSPS) is 10.5. The topological polar surface area (TPSA) is 48.0 Å². The number of aryl methyl sites for hydroxylation is 1. The second kappa shape index (κ2) is 3.18. The van der Waals surface area contributed by atoms with Gasteiger partial charge >= 0.3 is 4.87 Å². The molecule has 0 atom stereocenters. The highest BCUT2D eigenvalue weighted by Gasteiger charge is 2.04. The molecule has 2 aromatic rings. The van der Waals surface area contributed by atoms with Crippen LogP contribution in [0.2, 0.25) is 0 Å². The molecule has 0 N–H and O–H groups in total. The van der Waals surface area contributed by atoms with Crippen molar-refractivity contribution in [2.45, 2.75) is 13.5 Å². The van der Waals surface area contributed by atoms with Crippen LogP contribution in [-0.4, -0.2) is 9.72 Å². The zero-order chi connectivity index (χ0) is 9.26. The summed E-state index contributed by atoms with van der Waals surface area (Å²) in [7, 11) is 0. The predicted octanol–water partition coefficient (Wildman–Crippen LogP) is 1.25. The quantitative estimate of drug-likeness (QED) is 0.726. The first-order valence-corrected chi connectivity index (χ1v) is 4.69. The van der Waals surface area contributed by atoms with Crippen LogP contribution in [0.15, 0.2) is 27.0 Å². The Morgan fingerprint density at radius 2 is 2.54 bits per heavy atom. The molecule has 68 valence electrons. The highest BCUT2D eigenvalue weighted by atomic mass is 32.1. The Morgan fingerprint density at radius 1 is 1.69 bits per heavy atom. The van der Waals surface area contributed by atoms with Gasteiger partial charge in [-0.1, -0.05) is 16.5 Å². The molecule has 0 aliphatic rings. The lowest BCUT2D eigenvalue weighted by Crippen LogP contribution is -2.15. The molecule has 2 rings (SSSR count). The Labute approximate surface area is 78.4 Å². The molecular weight excluding hydrogens is 188 g/mol. The fraction of sp³-hybridized carbons (Fsp3) is 0.250. The molecule has 2 heterocycles. The fourth-order valence-electron chi connectivity index (χ4n) is 1.08. The molecule has 13 heavy (non-hydrogen) atoms. The van der Waals surface area contributed by atoms with Crippen LogP contribution in [0.1, 0.15) is 11.4 Å². The molecule has 0 amide bonds. The van der Waals surface area contributed by atoms with Crippen molar-refractivity contribution in [3.05, 3.63) is 38.8 Å². The van der Waals surface area contributed by atoms with Gasteiger partial charge in [-0.05, 0) is 6.92 Å². The van der Waals surface area contributed by atoms with Crippen LogP contribution in [-0.2, 0) is 6.54 Å². The zero-order valence-corrected chi connectivity index (χ0v) is 7.87. The average molecular weight is 196 g/mol. The Bertz CT molecular complexity index is 441. The van der Waals surface area contributed by atoms with E-state index < -0.39 is 0 Å². The minimum Gasteiger partial charge on any atom is -0.364 e. The summed E-state index contributed by atoms with van der Waals surface area (Å²) in [4.78, 5) is 11.3. The summed E-state index contributed by atoms with van der Waals surface area (Å²) >= 11 is 1.20. The highest BCUT2D eigenvalue weighted by Crippen LogP contribution is 2.03. The van der Waals surface area contributed by atoms with Gasteiger partial charge in [0.25, 0.3) is 0 Å². The van der Waals surface area contributed by atoms with Crippen molar-refractivity contribution in [3.63, 3.8) is 0 Å². The third-order valence-electron chi connectivity index (χ3n) is 1.79. The summed E-state index contributed by atoms with van der Waals surface area (Å²) in [6.45, 7) is 2.39. The van der Waals surface area contributed by atoms with Gasteiger partial charge in [0.15, 0.2) is 0 Å². The molecule has 0 radical (unpaired) electrons. The molecular formula is C8H8N2O2S. The van der Waals surface area contributed by atoms with Crippen molar-refractivity contribution < 1.29 is 4.52 Å². The largest absolute Gasteiger partial charge is 0.364 e. The SMILES string of the molecule is Cc1csc(=O)n1Cc1ccon1. The summed E-state index contributed by atoms with van der Waals surface area (Å²) < 4.78 is 6.35. The maximum absolute atomic E-state index is 11.3. The van der Waals surface area contributed by atoms with Gasteiger partial charge in [0, 0.05) is 17.1 Å². The number of aromatic nitrogens is 2. The van der Waals surface area contributed by atoms with Gasteiger partial charge in [0.05, 0.1) is 6.54 Å². The molecule has 0 spiro atoms. The lowest BCUT2D eigenvalue weighted by molar-refractivity contribution is 0.409. The van der Waals surface area contributed by atoms with Gasteiger partial charge in [0.1, 0.15) is 12.0 Å². The molecule has 0 fully saturated rings. The summed E-state index contributed by atoms with van der Waals surface area (Å²) in [5.74, 6) is 0. The van der Waals surface area contributed by atoms with E-state index in [2.05, 4.69) is 9.68 Å². The zero-order valence-electron chi connectivity index (χ0n) is 7.06. The van der Waals surface area contributed by atoms with Crippen molar-refractivity contribution in [3.8, 4) is 0 Å². The van der Waals surface area contributed by atoms with Crippen molar-refractivity contribution in [2.75, 3.05) is 0 Å². The van der Waals surface area contributed by atoms with Crippen LogP contribution in [0.25, 0.3) is 0 Å². The van der Waals surface area contributed by atoms with E-state index in [4.69, 9.17) is 0 Å². The van der Waals surface area contributed by atoms with E-state index in [-0.39, 0.29) is 4.87 Å². The lowest BCUT2D eigenvalue weighted by Gasteiger charge is -1.98. The van der Waals surface area contributed by atoms with E-state index in [1.165, 1.54) is 17.6 Å². The molecule has 0 aromatic carbocycles. The van der Waals surface area contributed by atoms with Gasteiger partial charge in [-0.15, -0.1) is 0 Å². The molecule has 0 saturated heterocycles. The van der Waals surface area contributed by atoms with Gasteiger partial charge in [-0.2, -0.15) is 0 Å². The highest BCUT2D eigenvalue weighted by molar-refractivity contribution is 7.07. The molecule has 0 unspecified atom stereocenters. The third-order valence-corrected chi connectivity index (χ3v) is 2.67. The van der Waals surface area contributed by atoms with Crippen LogP contribution in [0.4, 0.5) is 0 Å². The Kier molecular flexibility index (Phi) is 2.02. The van der Waals surface area contributed by atoms with Gasteiger partial charge in [0.2, 0.25) is 0 Å². The molecule has 0 aliphatic heterocycles. The second-order valence-corrected chi connectivity index (χ2v) is 3.54. The van der Waals surface area contributed by atoms with Crippen LogP contribution >= 0.6 is 11.3 Å². The number of hydrogen-bond acceptors (Lipinski definition) is 4. The molecule has 5 heteroatoms. The van der Waals surface area contributed by atoms with Crippen molar-refractivity contribution in [2.24, 2.45) is 0 Å². The summed E-state index contributed by atoms with van der Waals surface area (Å²) in [5.41, 5.74) is 1.72. The van der Waals surface area contributed by atoms with Crippen LogP contribution in [0.3, 0.4) is 0 Å². The number of nitrogens with zero attached hydrogens (tertiary/aromatic N) is 2. The van der Waals surface area contributed by atoms with E-state index in [1.807, 2.05) is 12.3 Å². The summed E-state index contributed by atoms with van der Waals surface area (Å²) in [5, 5.41) is 5.58. The molecule has 4 nitrogen and oxygen atoms in total. The minimum atomic E-state index is 0.0421. The van der Waals surface area contributed by atoms with Crippen molar-refractivity contribution in [1.82, 2.24) is 9.72 Å². The second-order valence-electron chi connectivity index (χ2n) is 2.72. The summed E-state index contributed by atoms with van der Waals surface area (Å²) in [6, 6.07) is 1.75. The number of hydrogen-bond donors (Lipinski definition) is 0. The third kappa shape index (κ3) is 1.55. The van der Waals surface area contributed by atoms with E-state index in [0.29, 0.717) is 6.54 Å². The van der Waals surface area contributed by atoms with Crippen molar-refractivity contribution in [1.29, 1.82) is 0 Å². The van der Waals surface area contributed by atoms with Crippen molar-refractivity contribution >= 4 is 11.3 Å². The Morgan fingerprint density at radius 3 is 3.08 bits per heavy atom. The lowest BCUT2D eigenvalue weighted by atomic mass is 10.4. The first kappa shape index (κ1) is 8.25. The Balaban J connectivity index is 2.33. The maximum atomic E-state index is 11.3. The first-order chi connectivity index (χ1) is 6.27. The first-order valence-electron chi connectivity index (χ1n) is 3.81. The smallest absolute Gasteiger partial charge is 0.307 e. The van der Waals surface area contributed by atoms with Crippen LogP contribution in [0, 0.1) is 6.92 Å². The molecule has 0 saturated carbocycles. The van der Waals surface area contributed by atoms with Gasteiger partial charge in [-0.3, -0.25) is 9.36 Å². The van der Waals surface area contributed by atoms with Crippen LogP contribution < -0.4 is 4.87 Å². The van der Waals surface area contributed by atoms with Crippen LogP contribution in [0.5, 0.6) is 0 Å². The minimum absolute atomic E-state index is 0.0421. The van der Waals surface area contributed by atoms with E-state index in [0.717, 1.165) is 11.4 Å². The van der Waals surface area contributed by atoms with E-state index in [1.54, 1.807) is 10.6 Å². The molecule has 0 aliphatic carbocycles. The summed E-state index contributed by atoms with van der Waals surface area (Å²) in [6.07, 6.45) is 1.50. The predicted molar refractivity (Wildman–Crippen MR) is 48.9 cm³/mol. The maximum Gasteiger partial charge on any atom is 0.307 e. The fourth-order valence-corrected chi connectivity index (χ4v) is 1.81. The van der Waals surface area contributed by atoms with E-state index >= 15 is 0 Å². The standard InChI is InChI=1S/C8H8N2O2S/c1-6-5-13-8(11)10(6)4-7-2-3-12-9-7/h2-3,5H,4H2,1H3. The Hall–Kier alpha value is -1.36. The van der Waals surface area contributed by atoms with E-state index in [9.17, 15) is 4.79 Å². The van der Waals surface area contributed by atoms with Gasteiger partial charge in [-0.25, -0.2) is 0 Å². The average Bonchev–Trinajstić information content (AvgIpc) is 2.70. The number of thiazole rings is 1. The van der Waals surface area contributed by atoms with Gasteiger partial charge < -0.3 is 4.52 Å². The monoisotopic (exact) mass is 196 g/mol. The molecule has 0 bridgehead atoms. The number of rotatable bonds is 2.